The Hall–Kier alpha value is -1.91. The molecule has 0 aliphatic carbocycles. The summed E-state index contributed by atoms with van der Waals surface area (Å²) in [6.07, 6.45) is 3.30. The van der Waals surface area contributed by atoms with Crippen LogP contribution in [0.2, 0.25) is 0 Å². The zero-order chi connectivity index (χ0) is 12.3. The number of carbonyl (C=O) groups is 1. The minimum Gasteiger partial charge on any atom is -0.397 e. The molecule has 0 aliphatic rings. The Morgan fingerprint density at radius 1 is 1.00 bits per heavy atom. The zero-order valence-electron chi connectivity index (χ0n) is 9.42. The predicted molar refractivity (Wildman–Crippen MR) is 68.1 cm³/mol. The van der Waals surface area contributed by atoms with Crippen LogP contribution in [0.15, 0.2) is 0 Å². The van der Waals surface area contributed by atoms with Crippen LogP contribution < -0.4 is 22.9 Å². The van der Waals surface area contributed by atoms with Gasteiger partial charge < -0.3 is 22.9 Å². The van der Waals surface area contributed by atoms with Gasteiger partial charge in [0.1, 0.15) is 0 Å². The number of benzene rings is 1. The lowest BCUT2D eigenvalue weighted by molar-refractivity contribution is 0.112. The minimum absolute atomic E-state index is 0.194. The molecule has 0 unspecified atom stereocenters. The second-order valence-electron chi connectivity index (χ2n) is 3.77. The summed E-state index contributed by atoms with van der Waals surface area (Å²) in [5.41, 5.74) is 25.1. The molecule has 0 spiro atoms. The highest BCUT2D eigenvalue weighted by molar-refractivity contribution is 6.00. The molecule has 0 bridgehead atoms. The highest BCUT2D eigenvalue weighted by atomic mass is 16.1. The number of rotatable bonds is 4. The van der Waals surface area contributed by atoms with Crippen molar-refractivity contribution in [3.05, 3.63) is 11.1 Å². The van der Waals surface area contributed by atoms with Crippen molar-refractivity contribution >= 4 is 29.0 Å². The van der Waals surface area contributed by atoms with E-state index in [1.807, 2.05) is 0 Å². The van der Waals surface area contributed by atoms with E-state index < -0.39 is 0 Å². The number of anilines is 4. The van der Waals surface area contributed by atoms with E-state index in [-0.39, 0.29) is 17.1 Å². The number of nitrogen functional groups attached to an aromatic ring is 4. The van der Waals surface area contributed by atoms with Crippen LogP contribution in [0, 0.1) is 0 Å². The molecule has 1 aromatic rings. The molecule has 0 saturated heterocycles. The summed E-state index contributed by atoms with van der Waals surface area (Å²) in [5.74, 6) is 0. The Bertz CT molecular complexity index is 415. The van der Waals surface area contributed by atoms with E-state index >= 15 is 0 Å². The lowest BCUT2D eigenvalue weighted by Gasteiger charge is -2.16. The van der Waals surface area contributed by atoms with Crippen molar-refractivity contribution in [1.29, 1.82) is 0 Å². The first-order valence-corrected chi connectivity index (χ1v) is 5.24. The molecule has 0 aliphatic heterocycles. The van der Waals surface area contributed by atoms with Crippen LogP contribution in [-0.4, -0.2) is 6.29 Å². The Kier molecular flexibility index (Phi) is 3.60. The molecule has 0 amide bonds. The molecule has 16 heavy (non-hydrogen) atoms. The highest BCUT2D eigenvalue weighted by Gasteiger charge is 2.16. The average molecular weight is 222 g/mol. The SMILES string of the molecule is CCCCc1c(N)c(N)c(N)c(N)c1C=O. The summed E-state index contributed by atoms with van der Waals surface area (Å²) in [7, 11) is 0. The summed E-state index contributed by atoms with van der Waals surface area (Å²) in [4.78, 5) is 11.0. The predicted octanol–water partition coefficient (Wildman–Crippen LogP) is 1.17. The third-order valence-electron chi connectivity index (χ3n) is 2.71. The van der Waals surface area contributed by atoms with Gasteiger partial charge in [0, 0.05) is 5.56 Å². The van der Waals surface area contributed by atoms with Gasteiger partial charge in [-0.25, -0.2) is 0 Å². The minimum atomic E-state index is 0.194. The van der Waals surface area contributed by atoms with E-state index in [9.17, 15) is 4.79 Å². The van der Waals surface area contributed by atoms with Crippen LogP contribution in [-0.2, 0) is 6.42 Å². The van der Waals surface area contributed by atoms with Gasteiger partial charge in [-0.15, -0.1) is 0 Å². The maximum absolute atomic E-state index is 11.0. The van der Waals surface area contributed by atoms with Gasteiger partial charge in [0.25, 0.3) is 0 Å². The summed E-state index contributed by atoms with van der Waals surface area (Å²) in [6.45, 7) is 2.06. The van der Waals surface area contributed by atoms with E-state index in [1.54, 1.807) is 0 Å². The average Bonchev–Trinajstić information content (AvgIpc) is 2.29. The van der Waals surface area contributed by atoms with Crippen LogP contribution in [0.4, 0.5) is 22.7 Å². The third-order valence-corrected chi connectivity index (χ3v) is 2.71. The van der Waals surface area contributed by atoms with E-state index in [4.69, 9.17) is 22.9 Å². The number of aldehydes is 1. The van der Waals surface area contributed by atoms with Gasteiger partial charge in [-0.05, 0) is 18.4 Å². The van der Waals surface area contributed by atoms with Gasteiger partial charge in [-0.3, -0.25) is 4.79 Å². The summed E-state index contributed by atoms with van der Waals surface area (Å²) < 4.78 is 0. The molecule has 1 aromatic carbocycles. The van der Waals surface area contributed by atoms with Crippen LogP contribution in [0.3, 0.4) is 0 Å². The number of unbranched alkanes of at least 4 members (excludes halogenated alkanes) is 1. The van der Waals surface area contributed by atoms with Gasteiger partial charge >= 0.3 is 0 Å². The number of hydrogen-bond acceptors (Lipinski definition) is 5. The lowest BCUT2D eigenvalue weighted by Crippen LogP contribution is -2.11. The Morgan fingerprint density at radius 3 is 2.06 bits per heavy atom. The second-order valence-corrected chi connectivity index (χ2v) is 3.77. The first-order valence-electron chi connectivity index (χ1n) is 5.24. The van der Waals surface area contributed by atoms with Gasteiger partial charge in [-0.1, -0.05) is 13.3 Å². The van der Waals surface area contributed by atoms with E-state index in [0.29, 0.717) is 29.5 Å². The standard InChI is InChI=1S/C11H18N4O/c1-2-3-4-6-7(5-16)9(13)11(15)10(14)8(6)12/h5H,2-4,12-15H2,1H3. The molecular weight excluding hydrogens is 204 g/mol. The summed E-state index contributed by atoms with van der Waals surface area (Å²) >= 11 is 0. The molecule has 88 valence electrons. The first-order chi connectivity index (χ1) is 7.54. The summed E-state index contributed by atoms with van der Waals surface area (Å²) in [5, 5.41) is 0. The molecular formula is C11H18N4O. The number of hydrogen-bond donors (Lipinski definition) is 4. The monoisotopic (exact) mass is 222 g/mol. The Morgan fingerprint density at radius 2 is 1.56 bits per heavy atom. The molecule has 0 heterocycles. The highest BCUT2D eigenvalue weighted by Crippen LogP contribution is 2.36. The van der Waals surface area contributed by atoms with Crippen molar-refractivity contribution in [3.63, 3.8) is 0 Å². The fourth-order valence-electron chi connectivity index (χ4n) is 1.66. The van der Waals surface area contributed by atoms with Gasteiger partial charge in [0.15, 0.2) is 6.29 Å². The molecule has 0 aromatic heterocycles. The second kappa shape index (κ2) is 4.74. The molecule has 1 rings (SSSR count). The molecule has 5 nitrogen and oxygen atoms in total. The fourth-order valence-corrected chi connectivity index (χ4v) is 1.66. The van der Waals surface area contributed by atoms with Crippen molar-refractivity contribution < 1.29 is 4.79 Å². The maximum atomic E-state index is 11.0. The van der Waals surface area contributed by atoms with Crippen LogP contribution in [0.1, 0.15) is 35.7 Å². The van der Waals surface area contributed by atoms with Crippen LogP contribution in [0.25, 0.3) is 0 Å². The molecule has 0 radical (unpaired) electrons. The van der Waals surface area contributed by atoms with Crippen molar-refractivity contribution in [2.75, 3.05) is 22.9 Å². The van der Waals surface area contributed by atoms with Crippen molar-refractivity contribution in [2.45, 2.75) is 26.2 Å². The van der Waals surface area contributed by atoms with Gasteiger partial charge in [0.2, 0.25) is 0 Å². The fraction of sp³-hybridized carbons (Fsp3) is 0.364. The smallest absolute Gasteiger partial charge is 0.152 e. The number of carbonyl (C=O) groups excluding carboxylic acids is 1. The summed E-state index contributed by atoms with van der Waals surface area (Å²) in [6, 6.07) is 0. The van der Waals surface area contributed by atoms with Crippen molar-refractivity contribution in [2.24, 2.45) is 0 Å². The molecule has 0 atom stereocenters. The Balaban J connectivity index is 3.38. The first kappa shape index (κ1) is 12.2. The zero-order valence-corrected chi connectivity index (χ0v) is 9.42. The third kappa shape index (κ3) is 1.88. The maximum Gasteiger partial charge on any atom is 0.152 e. The Labute approximate surface area is 94.8 Å². The number of nitrogens with two attached hydrogens (primary N) is 4. The topological polar surface area (TPSA) is 121 Å². The normalized spacial score (nSPS) is 10.3. The van der Waals surface area contributed by atoms with Crippen molar-refractivity contribution in [1.82, 2.24) is 0 Å². The molecule has 5 heteroatoms. The lowest BCUT2D eigenvalue weighted by atomic mass is 9.97. The van der Waals surface area contributed by atoms with Gasteiger partial charge in [-0.2, -0.15) is 0 Å². The molecule has 0 saturated carbocycles. The largest absolute Gasteiger partial charge is 0.397 e. The van der Waals surface area contributed by atoms with E-state index in [1.165, 1.54) is 0 Å². The van der Waals surface area contributed by atoms with Gasteiger partial charge in [0.05, 0.1) is 22.7 Å². The quantitative estimate of drug-likeness (QED) is 0.450. The molecule has 0 fully saturated rings. The van der Waals surface area contributed by atoms with E-state index in [2.05, 4.69) is 6.92 Å². The molecule has 8 N–H and O–H groups in total. The van der Waals surface area contributed by atoms with Crippen LogP contribution in [0.5, 0.6) is 0 Å². The van der Waals surface area contributed by atoms with Crippen molar-refractivity contribution in [3.8, 4) is 0 Å². The van der Waals surface area contributed by atoms with Crippen LogP contribution >= 0.6 is 0 Å². The van der Waals surface area contributed by atoms with E-state index in [0.717, 1.165) is 12.8 Å².